The van der Waals surface area contributed by atoms with E-state index in [1.54, 1.807) is 12.4 Å². The maximum absolute atomic E-state index is 12.8. The SMILES string of the molecule is Cc1cnc(C(=O)N2CCCC(c3cccc4nc(C)cn34)C2)cn1. The largest absolute Gasteiger partial charge is 0.337 e. The van der Waals surface area contributed by atoms with Gasteiger partial charge in [0, 0.05) is 37.1 Å². The first-order valence-electron chi connectivity index (χ1n) is 8.64. The van der Waals surface area contributed by atoms with Gasteiger partial charge in [0.15, 0.2) is 0 Å². The number of aryl methyl sites for hydroxylation is 2. The van der Waals surface area contributed by atoms with Gasteiger partial charge < -0.3 is 9.30 Å². The van der Waals surface area contributed by atoms with Gasteiger partial charge in [-0.25, -0.2) is 9.97 Å². The van der Waals surface area contributed by atoms with Crippen LogP contribution in [0.2, 0.25) is 0 Å². The highest BCUT2D eigenvalue weighted by Crippen LogP contribution is 2.28. The molecule has 1 atom stereocenters. The number of rotatable bonds is 2. The number of carbonyl (C=O) groups excluding carboxylic acids is 1. The molecule has 0 radical (unpaired) electrons. The highest BCUT2D eigenvalue weighted by atomic mass is 16.2. The Hall–Kier alpha value is -2.76. The zero-order valence-corrected chi connectivity index (χ0v) is 14.5. The van der Waals surface area contributed by atoms with Crippen molar-refractivity contribution < 1.29 is 4.79 Å². The van der Waals surface area contributed by atoms with Gasteiger partial charge in [-0.2, -0.15) is 0 Å². The quantitative estimate of drug-likeness (QED) is 0.722. The zero-order chi connectivity index (χ0) is 17.4. The molecule has 4 rings (SSSR count). The monoisotopic (exact) mass is 335 g/mol. The Morgan fingerprint density at radius 2 is 2.04 bits per heavy atom. The number of pyridine rings is 1. The Balaban J connectivity index is 1.60. The third-order valence-corrected chi connectivity index (χ3v) is 4.77. The Bertz CT molecular complexity index is 915. The molecule has 6 heteroatoms. The highest BCUT2D eigenvalue weighted by molar-refractivity contribution is 5.92. The second kappa shape index (κ2) is 6.27. The summed E-state index contributed by atoms with van der Waals surface area (Å²) in [6, 6.07) is 6.20. The van der Waals surface area contributed by atoms with E-state index >= 15 is 0 Å². The van der Waals surface area contributed by atoms with Crippen LogP contribution in [0.1, 0.15) is 46.3 Å². The third kappa shape index (κ3) is 2.99. The lowest BCUT2D eigenvalue weighted by molar-refractivity contribution is 0.0699. The second-order valence-corrected chi connectivity index (χ2v) is 6.69. The molecule has 1 amide bonds. The van der Waals surface area contributed by atoms with Gasteiger partial charge in [-0.05, 0) is 38.8 Å². The number of imidazole rings is 1. The summed E-state index contributed by atoms with van der Waals surface area (Å²) in [7, 11) is 0. The van der Waals surface area contributed by atoms with Crippen molar-refractivity contribution >= 4 is 11.6 Å². The lowest BCUT2D eigenvalue weighted by Crippen LogP contribution is -2.39. The van der Waals surface area contributed by atoms with Crippen LogP contribution in [0.25, 0.3) is 5.65 Å². The molecule has 0 bridgehead atoms. The van der Waals surface area contributed by atoms with Gasteiger partial charge in [0.2, 0.25) is 0 Å². The minimum atomic E-state index is -0.0359. The smallest absolute Gasteiger partial charge is 0.274 e. The van der Waals surface area contributed by atoms with E-state index in [0.717, 1.165) is 36.4 Å². The van der Waals surface area contributed by atoms with Crippen molar-refractivity contribution in [2.24, 2.45) is 0 Å². The standard InChI is InChI=1S/C19H21N5O/c1-13-9-21-16(10-20-13)19(25)23-8-4-5-15(12-23)17-6-3-7-18-22-14(2)11-24(17)18/h3,6-7,9-11,15H,4-5,8,12H2,1-2H3. The molecule has 0 saturated carbocycles. The van der Waals surface area contributed by atoms with Crippen LogP contribution in [-0.2, 0) is 0 Å². The number of fused-ring (bicyclic) bond motifs is 1. The van der Waals surface area contributed by atoms with Gasteiger partial charge in [0.25, 0.3) is 5.91 Å². The van der Waals surface area contributed by atoms with Crippen molar-refractivity contribution in [1.29, 1.82) is 0 Å². The van der Waals surface area contributed by atoms with Crippen LogP contribution >= 0.6 is 0 Å². The van der Waals surface area contributed by atoms with Gasteiger partial charge in [0.05, 0.1) is 17.6 Å². The number of likely N-dealkylation sites (tertiary alicyclic amines) is 1. The number of amides is 1. The summed E-state index contributed by atoms with van der Waals surface area (Å²) in [5.74, 6) is 0.264. The fourth-order valence-corrected chi connectivity index (χ4v) is 3.55. The first kappa shape index (κ1) is 15.7. The number of carbonyl (C=O) groups is 1. The molecule has 1 fully saturated rings. The van der Waals surface area contributed by atoms with Crippen molar-refractivity contribution in [2.45, 2.75) is 32.6 Å². The first-order valence-corrected chi connectivity index (χ1v) is 8.64. The third-order valence-electron chi connectivity index (χ3n) is 4.77. The second-order valence-electron chi connectivity index (χ2n) is 6.69. The number of aromatic nitrogens is 4. The van der Waals surface area contributed by atoms with Crippen molar-refractivity contribution in [2.75, 3.05) is 13.1 Å². The number of piperidine rings is 1. The Labute approximate surface area is 146 Å². The summed E-state index contributed by atoms with van der Waals surface area (Å²) >= 11 is 0. The van der Waals surface area contributed by atoms with E-state index in [9.17, 15) is 4.79 Å². The minimum Gasteiger partial charge on any atom is -0.337 e. The van der Waals surface area contributed by atoms with Crippen molar-refractivity contribution in [3.8, 4) is 0 Å². The maximum atomic E-state index is 12.8. The summed E-state index contributed by atoms with van der Waals surface area (Å²) < 4.78 is 2.15. The molecule has 25 heavy (non-hydrogen) atoms. The minimum absolute atomic E-state index is 0.0359. The Morgan fingerprint density at radius 3 is 2.84 bits per heavy atom. The summed E-state index contributed by atoms with van der Waals surface area (Å²) in [5, 5.41) is 0. The van der Waals surface area contributed by atoms with Gasteiger partial charge in [-0.15, -0.1) is 0 Å². The molecule has 0 aromatic carbocycles. The van der Waals surface area contributed by atoms with Crippen LogP contribution < -0.4 is 0 Å². The van der Waals surface area contributed by atoms with Crippen molar-refractivity contribution in [3.63, 3.8) is 0 Å². The van der Waals surface area contributed by atoms with Crippen molar-refractivity contribution in [3.05, 3.63) is 59.6 Å². The fraction of sp³-hybridized carbons (Fsp3) is 0.368. The van der Waals surface area contributed by atoms with Gasteiger partial charge in [-0.1, -0.05) is 6.07 Å². The maximum Gasteiger partial charge on any atom is 0.274 e. The topological polar surface area (TPSA) is 63.4 Å². The predicted molar refractivity (Wildman–Crippen MR) is 94.6 cm³/mol. The van der Waals surface area contributed by atoms with E-state index < -0.39 is 0 Å². The molecule has 3 aromatic heterocycles. The Morgan fingerprint density at radius 1 is 1.16 bits per heavy atom. The molecule has 1 saturated heterocycles. The zero-order valence-electron chi connectivity index (χ0n) is 14.5. The Kier molecular flexibility index (Phi) is 3.95. The molecule has 3 aromatic rings. The molecule has 0 spiro atoms. The van der Waals surface area contributed by atoms with Crippen LogP contribution in [0.15, 0.2) is 36.8 Å². The van der Waals surface area contributed by atoms with Crippen LogP contribution in [0.5, 0.6) is 0 Å². The average molecular weight is 335 g/mol. The number of hydrogen-bond donors (Lipinski definition) is 0. The van der Waals surface area contributed by atoms with E-state index in [-0.39, 0.29) is 5.91 Å². The van der Waals surface area contributed by atoms with Gasteiger partial charge in [-0.3, -0.25) is 9.78 Å². The van der Waals surface area contributed by atoms with Crippen LogP contribution in [0, 0.1) is 13.8 Å². The number of hydrogen-bond acceptors (Lipinski definition) is 4. The van der Waals surface area contributed by atoms with Gasteiger partial charge >= 0.3 is 0 Å². The lowest BCUT2D eigenvalue weighted by Gasteiger charge is -2.33. The predicted octanol–water partition coefficient (Wildman–Crippen LogP) is 2.76. The summed E-state index contributed by atoms with van der Waals surface area (Å²) in [6.45, 7) is 5.34. The van der Waals surface area contributed by atoms with Crippen LogP contribution in [0.3, 0.4) is 0 Å². The highest BCUT2D eigenvalue weighted by Gasteiger charge is 2.27. The molecule has 1 unspecified atom stereocenters. The molecule has 0 aliphatic carbocycles. The summed E-state index contributed by atoms with van der Waals surface area (Å²) in [5.41, 5.74) is 4.41. The van der Waals surface area contributed by atoms with E-state index in [1.807, 2.05) is 30.9 Å². The summed E-state index contributed by atoms with van der Waals surface area (Å²) in [6.07, 6.45) is 7.33. The molecule has 1 aliphatic heterocycles. The van der Waals surface area contributed by atoms with Gasteiger partial charge in [0.1, 0.15) is 11.3 Å². The molecule has 4 heterocycles. The first-order chi connectivity index (χ1) is 12.1. The lowest BCUT2D eigenvalue weighted by atomic mass is 9.94. The molecule has 0 N–H and O–H groups in total. The normalized spacial score (nSPS) is 17.8. The number of nitrogens with zero attached hydrogens (tertiary/aromatic N) is 5. The summed E-state index contributed by atoms with van der Waals surface area (Å²) in [4.78, 5) is 27.6. The van der Waals surface area contributed by atoms with E-state index in [1.165, 1.54) is 5.69 Å². The van der Waals surface area contributed by atoms with Crippen molar-refractivity contribution in [1.82, 2.24) is 24.3 Å². The van der Waals surface area contributed by atoms with Crippen LogP contribution in [0.4, 0.5) is 0 Å². The van der Waals surface area contributed by atoms with E-state index in [2.05, 4.69) is 31.6 Å². The molecular formula is C19H21N5O. The van der Waals surface area contributed by atoms with E-state index in [4.69, 9.17) is 0 Å². The average Bonchev–Trinajstić information content (AvgIpc) is 3.02. The molecular weight excluding hydrogens is 314 g/mol. The molecule has 128 valence electrons. The van der Waals surface area contributed by atoms with Crippen LogP contribution in [-0.4, -0.2) is 43.2 Å². The molecule has 6 nitrogen and oxygen atoms in total. The fourth-order valence-electron chi connectivity index (χ4n) is 3.55. The molecule has 1 aliphatic rings. The van der Waals surface area contributed by atoms with E-state index in [0.29, 0.717) is 18.2 Å².